The highest BCUT2D eigenvalue weighted by Crippen LogP contribution is 2.18. The van der Waals surface area contributed by atoms with E-state index in [9.17, 15) is 4.79 Å². The minimum atomic E-state index is -0.122. The van der Waals surface area contributed by atoms with E-state index in [1.807, 2.05) is 56.3 Å². The molecule has 0 bridgehead atoms. The van der Waals surface area contributed by atoms with Gasteiger partial charge in [-0.3, -0.25) is 4.79 Å². The van der Waals surface area contributed by atoms with Crippen LogP contribution in [0.3, 0.4) is 0 Å². The highest BCUT2D eigenvalue weighted by atomic mass is 35.5. The molecule has 6 nitrogen and oxygen atoms in total. The molecule has 0 aliphatic carbocycles. The van der Waals surface area contributed by atoms with Crippen molar-refractivity contribution in [1.29, 1.82) is 0 Å². The molecule has 2 heterocycles. The van der Waals surface area contributed by atoms with Gasteiger partial charge in [0.15, 0.2) is 0 Å². The van der Waals surface area contributed by atoms with Crippen LogP contribution in [0, 0.1) is 13.8 Å². The van der Waals surface area contributed by atoms with Gasteiger partial charge in [0.25, 0.3) is 5.91 Å². The number of aryl methyl sites for hydroxylation is 2. The number of aromatic nitrogens is 4. The van der Waals surface area contributed by atoms with Crippen molar-refractivity contribution in [1.82, 2.24) is 24.6 Å². The number of imidazole rings is 1. The van der Waals surface area contributed by atoms with Gasteiger partial charge in [-0.2, -0.15) is 5.10 Å². The van der Waals surface area contributed by atoms with Crippen LogP contribution < -0.4 is 5.32 Å². The second-order valence-corrected chi connectivity index (χ2v) is 7.38. The first-order chi connectivity index (χ1) is 14.0. The van der Waals surface area contributed by atoms with Crippen LogP contribution in [0.1, 0.15) is 28.3 Å². The molecule has 0 unspecified atom stereocenters. The number of nitrogens with zero attached hydrogens (tertiary/aromatic N) is 4. The summed E-state index contributed by atoms with van der Waals surface area (Å²) in [6, 6.07) is 15.5. The summed E-state index contributed by atoms with van der Waals surface area (Å²) in [6.07, 6.45) is 2.41. The van der Waals surface area contributed by atoms with Crippen molar-refractivity contribution in [2.75, 3.05) is 6.54 Å². The molecule has 4 aromatic rings. The topological polar surface area (TPSA) is 64.7 Å². The Balaban J connectivity index is 1.38. The summed E-state index contributed by atoms with van der Waals surface area (Å²) < 4.78 is 3.91. The number of rotatable bonds is 6. The van der Waals surface area contributed by atoms with Crippen molar-refractivity contribution >= 4 is 28.5 Å². The zero-order chi connectivity index (χ0) is 20.4. The Bertz CT molecular complexity index is 1180. The van der Waals surface area contributed by atoms with Gasteiger partial charge in [0.05, 0.1) is 34.2 Å². The molecule has 0 aliphatic rings. The lowest BCUT2D eigenvalue weighted by Crippen LogP contribution is -2.25. The largest absolute Gasteiger partial charge is 0.352 e. The lowest BCUT2D eigenvalue weighted by Gasteiger charge is -2.09. The SMILES string of the molecule is Cc1c(C(=O)NCCCn2c(C)nc3ccccc32)cnn1-c1cccc(Cl)c1. The fourth-order valence-corrected chi connectivity index (χ4v) is 3.70. The van der Waals surface area contributed by atoms with Crippen molar-refractivity contribution in [3.05, 3.63) is 76.8 Å². The van der Waals surface area contributed by atoms with Crippen LogP contribution in [0.25, 0.3) is 16.7 Å². The molecule has 1 amide bonds. The summed E-state index contributed by atoms with van der Waals surface area (Å²) in [6.45, 7) is 5.26. The summed E-state index contributed by atoms with van der Waals surface area (Å²) in [4.78, 5) is 17.2. The molecule has 148 valence electrons. The summed E-state index contributed by atoms with van der Waals surface area (Å²) in [7, 11) is 0. The van der Waals surface area contributed by atoms with Crippen molar-refractivity contribution in [3.63, 3.8) is 0 Å². The Morgan fingerprint density at radius 1 is 1.14 bits per heavy atom. The molecule has 0 saturated heterocycles. The normalized spacial score (nSPS) is 11.1. The smallest absolute Gasteiger partial charge is 0.254 e. The van der Waals surface area contributed by atoms with Gasteiger partial charge in [0.2, 0.25) is 0 Å². The molecule has 0 radical (unpaired) electrons. The van der Waals surface area contributed by atoms with Crippen LogP contribution in [-0.2, 0) is 6.54 Å². The van der Waals surface area contributed by atoms with Gasteiger partial charge < -0.3 is 9.88 Å². The maximum atomic E-state index is 12.6. The fourth-order valence-electron chi connectivity index (χ4n) is 3.51. The molecule has 0 saturated carbocycles. The number of fused-ring (bicyclic) bond motifs is 1. The number of benzene rings is 2. The van der Waals surface area contributed by atoms with Gasteiger partial charge in [-0.25, -0.2) is 9.67 Å². The van der Waals surface area contributed by atoms with Crippen molar-refractivity contribution in [3.8, 4) is 5.69 Å². The van der Waals surface area contributed by atoms with Gasteiger partial charge >= 0.3 is 0 Å². The van der Waals surface area contributed by atoms with Crippen molar-refractivity contribution < 1.29 is 4.79 Å². The Morgan fingerprint density at radius 3 is 2.79 bits per heavy atom. The third-order valence-corrected chi connectivity index (χ3v) is 5.23. The number of hydrogen-bond donors (Lipinski definition) is 1. The van der Waals surface area contributed by atoms with Gasteiger partial charge in [-0.15, -0.1) is 0 Å². The average Bonchev–Trinajstić information content (AvgIpc) is 3.24. The number of hydrogen-bond acceptors (Lipinski definition) is 3. The van der Waals surface area contributed by atoms with Gasteiger partial charge in [0.1, 0.15) is 5.82 Å². The molecule has 0 atom stereocenters. The van der Waals surface area contributed by atoms with Crippen LogP contribution in [0.4, 0.5) is 0 Å². The molecule has 7 heteroatoms. The fraction of sp³-hybridized carbons (Fsp3) is 0.227. The predicted molar refractivity (Wildman–Crippen MR) is 115 cm³/mol. The van der Waals surface area contributed by atoms with E-state index in [-0.39, 0.29) is 5.91 Å². The number of halogens is 1. The minimum Gasteiger partial charge on any atom is -0.352 e. The lowest BCUT2D eigenvalue weighted by molar-refractivity contribution is 0.0952. The minimum absolute atomic E-state index is 0.122. The summed E-state index contributed by atoms with van der Waals surface area (Å²) in [5, 5.41) is 7.97. The van der Waals surface area contributed by atoms with E-state index < -0.39 is 0 Å². The number of para-hydroxylation sites is 2. The summed E-state index contributed by atoms with van der Waals surface area (Å²) in [5.74, 6) is 0.860. The van der Waals surface area contributed by atoms with Crippen molar-refractivity contribution in [2.45, 2.75) is 26.8 Å². The Kier molecular flexibility index (Phi) is 5.36. The first kappa shape index (κ1) is 19.2. The van der Waals surface area contributed by atoms with E-state index in [0.717, 1.165) is 41.2 Å². The molecule has 0 aliphatic heterocycles. The molecule has 0 spiro atoms. The third kappa shape index (κ3) is 3.89. The van der Waals surface area contributed by atoms with Crippen molar-refractivity contribution in [2.24, 2.45) is 0 Å². The molecule has 29 heavy (non-hydrogen) atoms. The Hall–Kier alpha value is -3.12. The Morgan fingerprint density at radius 2 is 1.97 bits per heavy atom. The van der Waals surface area contributed by atoms with Gasteiger partial charge in [-0.1, -0.05) is 29.8 Å². The third-order valence-electron chi connectivity index (χ3n) is 5.00. The van der Waals surface area contributed by atoms with Gasteiger partial charge in [0, 0.05) is 18.1 Å². The highest BCUT2D eigenvalue weighted by Gasteiger charge is 2.15. The second kappa shape index (κ2) is 8.09. The number of nitrogens with one attached hydrogen (secondary N) is 1. The van der Waals surface area contributed by atoms with E-state index in [1.165, 1.54) is 0 Å². The van der Waals surface area contributed by atoms with E-state index >= 15 is 0 Å². The highest BCUT2D eigenvalue weighted by molar-refractivity contribution is 6.30. The molecule has 1 N–H and O–H groups in total. The van der Waals surface area contributed by atoms with E-state index in [0.29, 0.717) is 17.1 Å². The van der Waals surface area contributed by atoms with E-state index in [2.05, 4.69) is 26.0 Å². The Labute approximate surface area is 174 Å². The molecular formula is C22H22ClN5O. The summed E-state index contributed by atoms with van der Waals surface area (Å²) in [5.41, 5.74) is 4.29. The van der Waals surface area contributed by atoms with Crippen LogP contribution in [-0.4, -0.2) is 31.8 Å². The number of amides is 1. The lowest BCUT2D eigenvalue weighted by atomic mass is 10.2. The zero-order valence-electron chi connectivity index (χ0n) is 16.4. The number of carbonyl (C=O) groups excluding carboxylic acids is 1. The van der Waals surface area contributed by atoms with Crippen LogP contribution in [0.2, 0.25) is 5.02 Å². The standard InChI is InChI=1S/C22H22ClN5O/c1-15-19(14-25-28(15)18-8-5-7-17(23)13-18)22(29)24-11-6-12-27-16(2)26-20-9-3-4-10-21(20)27/h3-5,7-10,13-14H,6,11-12H2,1-2H3,(H,24,29). The zero-order valence-corrected chi connectivity index (χ0v) is 17.1. The molecule has 2 aromatic carbocycles. The van der Waals surface area contributed by atoms with Crippen LogP contribution >= 0.6 is 11.6 Å². The van der Waals surface area contributed by atoms with Crippen LogP contribution in [0.15, 0.2) is 54.7 Å². The quantitative estimate of drug-likeness (QED) is 0.484. The summed E-state index contributed by atoms with van der Waals surface area (Å²) >= 11 is 6.06. The van der Waals surface area contributed by atoms with Gasteiger partial charge in [-0.05, 0) is 50.6 Å². The van der Waals surface area contributed by atoms with E-state index in [4.69, 9.17) is 11.6 Å². The number of carbonyl (C=O) groups is 1. The van der Waals surface area contributed by atoms with Crippen LogP contribution in [0.5, 0.6) is 0 Å². The molecular weight excluding hydrogens is 386 g/mol. The van der Waals surface area contributed by atoms with E-state index in [1.54, 1.807) is 10.9 Å². The average molecular weight is 408 g/mol. The molecule has 2 aromatic heterocycles. The first-order valence-electron chi connectivity index (χ1n) is 9.55. The molecule has 4 rings (SSSR count). The maximum absolute atomic E-state index is 12.6. The second-order valence-electron chi connectivity index (χ2n) is 6.94. The predicted octanol–water partition coefficient (Wildman–Crippen LogP) is 4.31. The first-order valence-corrected chi connectivity index (χ1v) is 9.93. The molecule has 0 fully saturated rings. The monoisotopic (exact) mass is 407 g/mol. The maximum Gasteiger partial charge on any atom is 0.254 e.